The largest absolute Gasteiger partial charge is 0.481 e. The van der Waals surface area contributed by atoms with Crippen molar-refractivity contribution in [3.63, 3.8) is 0 Å². The summed E-state index contributed by atoms with van der Waals surface area (Å²) >= 11 is 0. The van der Waals surface area contributed by atoms with Gasteiger partial charge in [0.05, 0.1) is 5.41 Å². The van der Waals surface area contributed by atoms with Gasteiger partial charge >= 0.3 is 5.97 Å². The van der Waals surface area contributed by atoms with Crippen LogP contribution in [0.15, 0.2) is 18.2 Å². The maximum atomic E-state index is 13.4. The summed E-state index contributed by atoms with van der Waals surface area (Å²) in [5, 5.41) is 9.04. The van der Waals surface area contributed by atoms with Gasteiger partial charge in [0.1, 0.15) is 0 Å². The first-order chi connectivity index (χ1) is 7.40. The standard InChI is InChI=1S/C12H14F2O2/c1-3-12(2,11(15)16)7-8-5-4-6-9(13)10(8)14/h4-6H,3,7H2,1-2H3,(H,15,16). The Labute approximate surface area is 92.9 Å². The Bertz CT molecular complexity index is 404. The van der Waals surface area contributed by atoms with Gasteiger partial charge in [0, 0.05) is 0 Å². The van der Waals surface area contributed by atoms with Gasteiger partial charge in [0.2, 0.25) is 0 Å². The molecule has 0 bridgehead atoms. The number of hydrogen-bond donors (Lipinski definition) is 1. The highest BCUT2D eigenvalue weighted by Gasteiger charge is 2.32. The number of aliphatic carboxylic acids is 1. The summed E-state index contributed by atoms with van der Waals surface area (Å²) in [6.07, 6.45) is 0.348. The zero-order chi connectivity index (χ0) is 12.3. The normalized spacial score (nSPS) is 14.5. The van der Waals surface area contributed by atoms with E-state index in [9.17, 15) is 13.6 Å². The SMILES string of the molecule is CCC(C)(Cc1cccc(F)c1F)C(=O)O. The summed E-state index contributed by atoms with van der Waals surface area (Å²) in [6, 6.07) is 3.81. The number of benzene rings is 1. The topological polar surface area (TPSA) is 37.3 Å². The van der Waals surface area contributed by atoms with Gasteiger partial charge in [0.15, 0.2) is 11.6 Å². The summed E-state index contributed by atoms with van der Waals surface area (Å²) in [5.41, 5.74) is -0.957. The predicted octanol–water partition coefficient (Wildman–Crippen LogP) is 3.01. The van der Waals surface area contributed by atoms with Crippen LogP contribution in [0.3, 0.4) is 0 Å². The lowest BCUT2D eigenvalue weighted by Gasteiger charge is -2.23. The van der Waals surface area contributed by atoms with Crippen LogP contribution in [0.25, 0.3) is 0 Å². The molecular formula is C12H14F2O2. The maximum Gasteiger partial charge on any atom is 0.309 e. The van der Waals surface area contributed by atoms with E-state index >= 15 is 0 Å². The molecule has 1 atom stereocenters. The third-order valence-corrected chi connectivity index (χ3v) is 2.91. The van der Waals surface area contributed by atoms with E-state index in [0.717, 1.165) is 6.07 Å². The first-order valence-corrected chi connectivity index (χ1v) is 5.07. The highest BCUT2D eigenvalue weighted by atomic mass is 19.2. The Morgan fingerprint density at radius 3 is 2.56 bits per heavy atom. The van der Waals surface area contributed by atoms with Crippen molar-refractivity contribution in [1.29, 1.82) is 0 Å². The van der Waals surface area contributed by atoms with Crippen LogP contribution in [-0.4, -0.2) is 11.1 Å². The lowest BCUT2D eigenvalue weighted by Crippen LogP contribution is -2.29. The maximum absolute atomic E-state index is 13.4. The van der Waals surface area contributed by atoms with E-state index in [1.54, 1.807) is 6.92 Å². The molecule has 1 N–H and O–H groups in total. The van der Waals surface area contributed by atoms with E-state index in [0.29, 0.717) is 6.42 Å². The number of carboxylic acids is 1. The van der Waals surface area contributed by atoms with Gasteiger partial charge in [-0.3, -0.25) is 4.79 Å². The fraction of sp³-hybridized carbons (Fsp3) is 0.417. The summed E-state index contributed by atoms with van der Waals surface area (Å²) < 4.78 is 26.3. The average molecular weight is 228 g/mol. The molecule has 1 rings (SSSR count). The van der Waals surface area contributed by atoms with Crippen LogP contribution in [0.4, 0.5) is 8.78 Å². The molecule has 88 valence electrons. The Hall–Kier alpha value is -1.45. The molecule has 4 heteroatoms. The molecule has 0 aliphatic rings. The van der Waals surface area contributed by atoms with Crippen molar-refractivity contribution < 1.29 is 18.7 Å². The van der Waals surface area contributed by atoms with Crippen LogP contribution >= 0.6 is 0 Å². The van der Waals surface area contributed by atoms with Crippen molar-refractivity contribution in [2.75, 3.05) is 0 Å². The predicted molar refractivity (Wildman–Crippen MR) is 56.1 cm³/mol. The Balaban J connectivity index is 3.04. The Morgan fingerprint density at radius 1 is 1.44 bits per heavy atom. The summed E-state index contributed by atoms with van der Waals surface area (Å²) in [7, 11) is 0. The molecule has 0 aliphatic carbocycles. The van der Waals surface area contributed by atoms with Gasteiger partial charge in [-0.2, -0.15) is 0 Å². The summed E-state index contributed by atoms with van der Waals surface area (Å²) in [4.78, 5) is 11.0. The molecule has 1 aromatic carbocycles. The Kier molecular flexibility index (Phi) is 3.62. The van der Waals surface area contributed by atoms with Gasteiger partial charge in [-0.05, 0) is 31.4 Å². The van der Waals surface area contributed by atoms with Crippen molar-refractivity contribution >= 4 is 5.97 Å². The van der Waals surface area contributed by atoms with E-state index in [-0.39, 0.29) is 12.0 Å². The smallest absolute Gasteiger partial charge is 0.309 e. The van der Waals surface area contributed by atoms with E-state index < -0.39 is 23.0 Å². The van der Waals surface area contributed by atoms with E-state index in [4.69, 9.17) is 5.11 Å². The minimum absolute atomic E-state index is 0.0115. The molecule has 0 aliphatic heterocycles. The van der Waals surface area contributed by atoms with Gasteiger partial charge in [-0.25, -0.2) is 8.78 Å². The molecule has 2 nitrogen and oxygen atoms in total. The minimum Gasteiger partial charge on any atom is -0.481 e. The molecule has 1 unspecified atom stereocenters. The lowest BCUT2D eigenvalue weighted by atomic mass is 9.81. The third kappa shape index (κ3) is 2.38. The second-order valence-corrected chi connectivity index (χ2v) is 4.11. The van der Waals surface area contributed by atoms with E-state index in [1.807, 2.05) is 0 Å². The van der Waals surface area contributed by atoms with Crippen LogP contribution in [0, 0.1) is 17.0 Å². The van der Waals surface area contributed by atoms with Crippen molar-refractivity contribution in [1.82, 2.24) is 0 Å². The molecule has 0 radical (unpaired) electrons. The molecule has 0 heterocycles. The lowest BCUT2D eigenvalue weighted by molar-refractivity contribution is -0.148. The molecule has 0 saturated carbocycles. The van der Waals surface area contributed by atoms with Gasteiger partial charge in [-0.1, -0.05) is 19.1 Å². The monoisotopic (exact) mass is 228 g/mol. The highest BCUT2D eigenvalue weighted by Crippen LogP contribution is 2.28. The first-order valence-electron chi connectivity index (χ1n) is 5.07. The van der Waals surface area contributed by atoms with Gasteiger partial charge < -0.3 is 5.11 Å². The molecule has 0 fully saturated rings. The van der Waals surface area contributed by atoms with E-state index in [2.05, 4.69) is 0 Å². The molecule has 0 spiro atoms. The zero-order valence-corrected chi connectivity index (χ0v) is 9.26. The Morgan fingerprint density at radius 2 is 2.06 bits per heavy atom. The molecular weight excluding hydrogens is 214 g/mol. The molecule has 0 saturated heterocycles. The fourth-order valence-electron chi connectivity index (χ4n) is 1.46. The third-order valence-electron chi connectivity index (χ3n) is 2.91. The molecule has 16 heavy (non-hydrogen) atoms. The number of halogens is 2. The zero-order valence-electron chi connectivity index (χ0n) is 9.26. The molecule has 0 amide bonds. The fourth-order valence-corrected chi connectivity index (χ4v) is 1.46. The van der Waals surface area contributed by atoms with Gasteiger partial charge in [-0.15, -0.1) is 0 Å². The van der Waals surface area contributed by atoms with Gasteiger partial charge in [0.25, 0.3) is 0 Å². The molecule has 1 aromatic rings. The second-order valence-electron chi connectivity index (χ2n) is 4.11. The number of hydrogen-bond acceptors (Lipinski definition) is 1. The van der Waals surface area contributed by atoms with Crippen LogP contribution in [-0.2, 0) is 11.2 Å². The second kappa shape index (κ2) is 4.60. The van der Waals surface area contributed by atoms with Crippen LogP contribution in [0.1, 0.15) is 25.8 Å². The van der Waals surface area contributed by atoms with Crippen LogP contribution in [0.5, 0.6) is 0 Å². The van der Waals surface area contributed by atoms with Crippen LogP contribution in [0.2, 0.25) is 0 Å². The average Bonchev–Trinajstić information content (AvgIpc) is 2.24. The highest BCUT2D eigenvalue weighted by molar-refractivity contribution is 5.74. The number of rotatable bonds is 4. The summed E-state index contributed by atoms with van der Waals surface area (Å²) in [5.74, 6) is -2.90. The van der Waals surface area contributed by atoms with Crippen LogP contribution < -0.4 is 0 Å². The van der Waals surface area contributed by atoms with Crippen molar-refractivity contribution in [3.05, 3.63) is 35.4 Å². The molecule has 0 aromatic heterocycles. The van der Waals surface area contributed by atoms with Crippen molar-refractivity contribution in [2.24, 2.45) is 5.41 Å². The van der Waals surface area contributed by atoms with Crippen molar-refractivity contribution in [3.8, 4) is 0 Å². The van der Waals surface area contributed by atoms with E-state index in [1.165, 1.54) is 19.1 Å². The minimum atomic E-state index is -1.06. The quantitative estimate of drug-likeness (QED) is 0.860. The first kappa shape index (κ1) is 12.6. The van der Waals surface area contributed by atoms with Crippen molar-refractivity contribution in [2.45, 2.75) is 26.7 Å². The number of carbonyl (C=O) groups is 1. The number of carboxylic acid groups (broad SMARTS) is 1. The summed E-state index contributed by atoms with van der Waals surface area (Å²) in [6.45, 7) is 3.24.